The minimum atomic E-state index is -1.03. The molecule has 0 saturated carbocycles. The van der Waals surface area contributed by atoms with Gasteiger partial charge < -0.3 is 23.5 Å². The van der Waals surface area contributed by atoms with Gasteiger partial charge in [0.2, 0.25) is 0 Å². The summed E-state index contributed by atoms with van der Waals surface area (Å²) in [5, 5.41) is 0. The van der Waals surface area contributed by atoms with E-state index in [9.17, 15) is 0 Å². The molecular weight excluding hydrogens is 204 g/mol. The predicted octanol–water partition coefficient (Wildman–Crippen LogP) is -1.12. The first-order chi connectivity index (χ1) is 3.06. The molecule has 0 radical (unpaired) electrons. The first kappa shape index (κ1) is 16.7. The van der Waals surface area contributed by atoms with Gasteiger partial charge in [-0.1, -0.05) is 33.3 Å². The fourth-order valence-electron chi connectivity index (χ4n) is 0.391. The van der Waals surface area contributed by atoms with E-state index in [0.29, 0.717) is 0 Å². The van der Waals surface area contributed by atoms with Crippen molar-refractivity contribution in [1.82, 2.24) is 0 Å². The van der Waals surface area contributed by atoms with Crippen LogP contribution in [-0.4, -0.2) is 31.1 Å². The monoisotopic (exact) mass is 216 g/mol. The van der Waals surface area contributed by atoms with Gasteiger partial charge in [-0.15, -0.1) is 6.58 Å². The average molecular weight is 217 g/mol. The Bertz CT molecular complexity index is 67.9. The van der Waals surface area contributed by atoms with Crippen LogP contribution in [0.5, 0.6) is 0 Å². The first-order valence-electron chi connectivity index (χ1n) is 2.52. The third-order valence-electron chi connectivity index (χ3n) is 0.697. The Morgan fingerprint density at radius 2 is 1.89 bits per heavy atom. The van der Waals surface area contributed by atoms with E-state index in [1.54, 1.807) is 0 Å². The van der Waals surface area contributed by atoms with Gasteiger partial charge in [0.1, 0.15) is 0 Å². The molecule has 0 aliphatic carbocycles. The van der Waals surface area contributed by atoms with Crippen LogP contribution in [0.25, 0.3) is 0 Å². The molecule has 3 heteroatoms. The summed E-state index contributed by atoms with van der Waals surface area (Å²) in [6, 6.07) is 1.13. The molecule has 0 aromatic rings. The number of allylic oxidation sites excluding steroid dienone is 1. The quantitative estimate of drug-likeness (QED) is 0.312. The second kappa shape index (κ2) is 7.31. The van der Waals surface area contributed by atoms with E-state index in [-0.39, 0.29) is 40.0 Å². The molecule has 0 N–H and O–H groups in total. The summed E-state index contributed by atoms with van der Waals surface area (Å²) in [5.41, 5.74) is 0. The second-order valence-electron chi connectivity index (χ2n) is 2.66. The molecule has 0 bridgehead atoms. The molecule has 0 saturated heterocycles. The van der Waals surface area contributed by atoms with Crippen LogP contribution in [0.15, 0.2) is 12.7 Å². The summed E-state index contributed by atoms with van der Waals surface area (Å²) in [5.74, 6) is 0. The minimum absolute atomic E-state index is 0. The maximum absolute atomic E-state index is 4.03. The molecule has 0 aromatic heterocycles. The molecule has 0 spiro atoms. The van der Waals surface area contributed by atoms with Gasteiger partial charge in [-0.3, -0.25) is 0 Å². The van der Waals surface area contributed by atoms with Crippen LogP contribution in [0.3, 0.4) is 0 Å². The summed E-state index contributed by atoms with van der Waals surface area (Å²) < 4.78 is 0. The van der Waals surface area contributed by atoms with E-state index in [1.165, 1.54) is 0 Å². The third kappa shape index (κ3) is 17.6. The van der Waals surface area contributed by atoms with Crippen molar-refractivity contribution in [2.45, 2.75) is 19.1 Å². The van der Waals surface area contributed by atoms with Gasteiger partial charge in [0.05, 0.1) is 0 Å². The van der Waals surface area contributed by atoms with Crippen molar-refractivity contribution in [3.63, 3.8) is 0 Å². The molecule has 0 amide bonds. The van der Waals surface area contributed by atoms with Gasteiger partial charge in [-0.2, -0.15) is 0 Å². The van der Waals surface area contributed by atoms with E-state index in [4.69, 9.17) is 0 Å². The molecule has 50 valence electrons. The van der Waals surface area contributed by atoms with Gasteiger partial charge >= 0.3 is 23.1 Å². The van der Waals surface area contributed by atoms with Crippen molar-refractivity contribution in [3.05, 3.63) is 19.2 Å². The third-order valence-corrected chi connectivity index (χ3v) is 2.09. The van der Waals surface area contributed by atoms with Crippen LogP contribution in [-0.2, 0) is 0 Å². The smallest absolute Gasteiger partial charge is 1.00 e. The Morgan fingerprint density at radius 3 is 1.89 bits per heavy atom. The van der Waals surface area contributed by atoms with Crippen LogP contribution >= 0.6 is 0 Å². The Morgan fingerprint density at radius 1 is 1.56 bits per heavy atom. The molecule has 0 aliphatic heterocycles. The molecular formula is C6H13BrMgSi. The van der Waals surface area contributed by atoms with Crippen molar-refractivity contribution in [1.29, 1.82) is 0 Å². The molecule has 0 fully saturated rings. The van der Waals surface area contributed by atoms with E-state index in [1.807, 2.05) is 6.08 Å². The Balaban J connectivity index is -0.000000180. The van der Waals surface area contributed by atoms with Crippen molar-refractivity contribution in [2.24, 2.45) is 0 Å². The molecule has 9 heavy (non-hydrogen) atoms. The summed E-state index contributed by atoms with van der Waals surface area (Å²) in [7, 11) is -1.03. The molecule has 0 unspecified atom stereocenters. The molecule has 0 aliphatic rings. The molecule has 0 atom stereocenters. The van der Waals surface area contributed by atoms with Gasteiger partial charge in [-0.25, -0.2) is 0 Å². The number of hydrogen-bond acceptors (Lipinski definition) is 0. The largest absolute Gasteiger partial charge is 2.00 e. The average Bonchev–Trinajstić information content (AvgIpc) is 1.30. The Kier molecular flexibility index (Phi) is 13.5. The maximum atomic E-state index is 4.03. The molecule has 0 heterocycles. The van der Waals surface area contributed by atoms with E-state index >= 15 is 0 Å². The predicted molar refractivity (Wildman–Crippen MR) is 43.6 cm³/mol. The van der Waals surface area contributed by atoms with Crippen LogP contribution in [0.4, 0.5) is 0 Å². The standard InChI is InChI=1S/C6H13Si.BrH.Mg/c1-5-6-7(2,3)4;;/h5H,1-2,6H2,3-4H3;1H;/q-1;;+2/p-1. The van der Waals surface area contributed by atoms with Crippen LogP contribution in [0.2, 0.25) is 19.1 Å². The van der Waals surface area contributed by atoms with Crippen molar-refractivity contribution in [3.8, 4) is 0 Å². The normalized spacial score (nSPS) is 8.78. The van der Waals surface area contributed by atoms with Crippen molar-refractivity contribution < 1.29 is 17.0 Å². The number of halogens is 1. The number of rotatable bonds is 2. The van der Waals surface area contributed by atoms with Crippen molar-refractivity contribution in [2.75, 3.05) is 0 Å². The zero-order chi connectivity index (χ0) is 5.91. The van der Waals surface area contributed by atoms with E-state index < -0.39 is 8.07 Å². The van der Waals surface area contributed by atoms with Gasteiger partial charge in [0, 0.05) is 0 Å². The minimum Gasteiger partial charge on any atom is -1.00 e. The van der Waals surface area contributed by atoms with Gasteiger partial charge in [0.15, 0.2) is 0 Å². The fraction of sp³-hybridized carbons (Fsp3) is 0.500. The maximum Gasteiger partial charge on any atom is 2.00 e. The Hall–Kier alpha value is 1.20. The molecule has 0 rings (SSSR count). The van der Waals surface area contributed by atoms with Crippen LogP contribution < -0.4 is 17.0 Å². The summed E-state index contributed by atoms with van der Waals surface area (Å²) in [4.78, 5) is 0. The zero-order valence-electron chi connectivity index (χ0n) is 6.28. The van der Waals surface area contributed by atoms with Crippen LogP contribution in [0, 0.1) is 6.55 Å². The summed E-state index contributed by atoms with van der Waals surface area (Å²) >= 11 is 0. The first-order valence-corrected chi connectivity index (χ1v) is 5.94. The van der Waals surface area contributed by atoms with Gasteiger partial charge in [-0.05, 0) is 0 Å². The molecule has 0 aromatic carbocycles. The fourth-order valence-corrected chi connectivity index (χ4v) is 1.17. The topological polar surface area (TPSA) is 0 Å². The SMILES string of the molecule is C=CC[Si]([CH2-])(C)C.[Br-].[Mg+2]. The summed E-state index contributed by atoms with van der Waals surface area (Å²) in [6.45, 7) is 12.1. The van der Waals surface area contributed by atoms with E-state index in [0.717, 1.165) is 6.04 Å². The molecule has 0 nitrogen and oxygen atoms in total. The second-order valence-corrected chi connectivity index (χ2v) is 7.39. The van der Waals surface area contributed by atoms with Crippen molar-refractivity contribution >= 4 is 31.1 Å². The summed E-state index contributed by atoms with van der Waals surface area (Å²) in [6.07, 6.45) is 1.96. The number of hydrogen-bond donors (Lipinski definition) is 0. The van der Waals surface area contributed by atoms with E-state index in [2.05, 4.69) is 26.2 Å². The van der Waals surface area contributed by atoms with Gasteiger partial charge in [0.25, 0.3) is 0 Å². The van der Waals surface area contributed by atoms with Crippen LogP contribution in [0.1, 0.15) is 0 Å². The Labute approximate surface area is 86.0 Å². The zero-order valence-corrected chi connectivity index (χ0v) is 10.3.